The Morgan fingerprint density at radius 1 is 1.32 bits per heavy atom. The summed E-state index contributed by atoms with van der Waals surface area (Å²) in [6, 6.07) is 7.02. The van der Waals surface area contributed by atoms with Crippen molar-refractivity contribution in [3.63, 3.8) is 0 Å². The summed E-state index contributed by atoms with van der Waals surface area (Å²) in [4.78, 5) is 0. The van der Waals surface area contributed by atoms with Crippen LogP contribution in [0.2, 0.25) is 0 Å². The van der Waals surface area contributed by atoms with Gasteiger partial charge in [-0.1, -0.05) is 30.7 Å². The van der Waals surface area contributed by atoms with Crippen molar-refractivity contribution in [2.75, 3.05) is 19.8 Å². The predicted octanol–water partition coefficient (Wildman–Crippen LogP) is 3.77. The van der Waals surface area contributed by atoms with Crippen molar-refractivity contribution >= 4 is 0 Å². The van der Waals surface area contributed by atoms with E-state index in [1.165, 1.54) is 29.5 Å². The first-order chi connectivity index (χ1) is 9.20. The van der Waals surface area contributed by atoms with Crippen LogP contribution in [0.15, 0.2) is 18.2 Å². The van der Waals surface area contributed by atoms with Gasteiger partial charge in [0.15, 0.2) is 0 Å². The summed E-state index contributed by atoms with van der Waals surface area (Å²) in [5.74, 6) is 0.838. The predicted molar refractivity (Wildman–Crippen MR) is 80.5 cm³/mol. The maximum absolute atomic E-state index is 5.90. The lowest BCUT2D eigenvalue weighted by Crippen LogP contribution is -2.27. The summed E-state index contributed by atoms with van der Waals surface area (Å²) in [5.41, 5.74) is 4.07. The highest BCUT2D eigenvalue weighted by atomic mass is 16.5. The molecule has 19 heavy (non-hydrogen) atoms. The van der Waals surface area contributed by atoms with Gasteiger partial charge >= 0.3 is 0 Å². The van der Waals surface area contributed by atoms with Crippen LogP contribution in [0.5, 0.6) is 0 Å². The minimum Gasteiger partial charge on any atom is -0.379 e. The minimum absolute atomic E-state index is 0.332. The number of rotatable bonds is 8. The topological polar surface area (TPSA) is 21.3 Å². The fourth-order valence-corrected chi connectivity index (χ4v) is 2.35. The van der Waals surface area contributed by atoms with Gasteiger partial charge in [-0.15, -0.1) is 0 Å². The van der Waals surface area contributed by atoms with Crippen molar-refractivity contribution in [2.24, 2.45) is 5.92 Å². The Kier molecular flexibility index (Phi) is 5.41. The normalized spacial score (nSPS) is 16.6. The van der Waals surface area contributed by atoms with E-state index in [2.05, 4.69) is 44.3 Å². The lowest BCUT2D eigenvalue weighted by atomic mass is 9.99. The van der Waals surface area contributed by atoms with Crippen LogP contribution < -0.4 is 5.32 Å². The highest BCUT2D eigenvalue weighted by Gasteiger charge is 2.22. The summed E-state index contributed by atoms with van der Waals surface area (Å²) in [5, 5.41) is 3.62. The second kappa shape index (κ2) is 7.06. The monoisotopic (exact) mass is 261 g/mol. The van der Waals surface area contributed by atoms with Crippen molar-refractivity contribution in [2.45, 2.75) is 46.1 Å². The van der Waals surface area contributed by atoms with Gasteiger partial charge in [-0.2, -0.15) is 0 Å². The Balaban J connectivity index is 1.98. The number of benzene rings is 1. The summed E-state index contributed by atoms with van der Waals surface area (Å²) in [6.45, 7) is 9.33. The van der Waals surface area contributed by atoms with Crippen LogP contribution in [0.3, 0.4) is 0 Å². The van der Waals surface area contributed by atoms with Gasteiger partial charge in [-0.3, -0.25) is 0 Å². The van der Waals surface area contributed by atoms with E-state index in [9.17, 15) is 0 Å². The molecule has 0 aromatic heterocycles. The fourth-order valence-electron chi connectivity index (χ4n) is 2.35. The quantitative estimate of drug-likeness (QED) is 0.769. The van der Waals surface area contributed by atoms with Crippen molar-refractivity contribution in [3.05, 3.63) is 34.9 Å². The number of hydrogen-bond donors (Lipinski definition) is 1. The molecule has 106 valence electrons. The Bertz CT molecular complexity index is 398. The molecule has 0 saturated heterocycles. The molecule has 0 spiro atoms. The zero-order chi connectivity index (χ0) is 13.7. The zero-order valence-corrected chi connectivity index (χ0v) is 12.5. The van der Waals surface area contributed by atoms with E-state index in [-0.39, 0.29) is 0 Å². The average Bonchev–Trinajstić information content (AvgIpc) is 3.21. The second-order valence-electron chi connectivity index (χ2n) is 5.85. The van der Waals surface area contributed by atoms with E-state index in [0.717, 1.165) is 32.1 Å². The van der Waals surface area contributed by atoms with E-state index in [4.69, 9.17) is 4.74 Å². The Hall–Kier alpha value is -0.860. The molecule has 1 aliphatic carbocycles. The van der Waals surface area contributed by atoms with Crippen LogP contribution in [-0.2, 0) is 4.74 Å². The Labute approximate surface area is 117 Å². The molecule has 1 N–H and O–H groups in total. The third-order valence-corrected chi connectivity index (χ3v) is 3.79. The second-order valence-corrected chi connectivity index (χ2v) is 5.85. The molecule has 0 radical (unpaired) electrons. The molecule has 1 atom stereocenters. The molecular weight excluding hydrogens is 234 g/mol. The molecule has 0 aliphatic heterocycles. The molecule has 1 aromatic rings. The molecule has 0 heterocycles. The van der Waals surface area contributed by atoms with Gasteiger partial charge in [0.05, 0.1) is 12.6 Å². The summed E-state index contributed by atoms with van der Waals surface area (Å²) >= 11 is 0. The smallest absolute Gasteiger partial charge is 0.0661 e. The number of ether oxygens (including phenoxy) is 1. The summed E-state index contributed by atoms with van der Waals surface area (Å²) < 4.78 is 5.90. The largest absolute Gasteiger partial charge is 0.379 e. The standard InChI is InChI=1S/C17H27NO/c1-4-9-18-17(12-19-11-15-7-8-15)16-10-13(2)5-6-14(16)3/h5-6,10,15,17-18H,4,7-9,11-12H2,1-3H3. The minimum atomic E-state index is 0.332. The molecular formula is C17H27NO. The molecule has 0 bridgehead atoms. The van der Waals surface area contributed by atoms with E-state index in [1.807, 2.05) is 0 Å². The molecule has 1 unspecified atom stereocenters. The van der Waals surface area contributed by atoms with Gasteiger partial charge in [-0.05, 0) is 56.7 Å². The van der Waals surface area contributed by atoms with Gasteiger partial charge in [-0.25, -0.2) is 0 Å². The van der Waals surface area contributed by atoms with Crippen molar-refractivity contribution in [1.82, 2.24) is 5.32 Å². The van der Waals surface area contributed by atoms with Crippen molar-refractivity contribution in [3.8, 4) is 0 Å². The number of hydrogen-bond acceptors (Lipinski definition) is 2. The molecule has 1 saturated carbocycles. The van der Waals surface area contributed by atoms with Gasteiger partial charge in [0.2, 0.25) is 0 Å². The first-order valence-electron chi connectivity index (χ1n) is 7.59. The first-order valence-corrected chi connectivity index (χ1v) is 7.59. The van der Waals surface area contributed by atoms with E-state index in [0.29, 0.717) is 6.04 Å². The highest BCUT2D eigenvalue weighted by molar-refractivity contribution is 5.33. The van der Waals surface area contributed by atoms with Gasteiger partial charge < -0.3 is 10.1 Å². The third kappa shape index (κ3) is 4.63. The van der Waals surface area contributed by atoms with Crippen molar-refractivity contribution in [1.29, 1.82) is 0 Å². The molecule has 1 aromatic carbocycles. The van der Waals surface area contributed by atoms with E-state index < -0.39 is 0 Å². The van der Waals surface area contributed by atoms with Crippen LogP contribution in [0.4, 0.5) is 0 Å². The van der Waals surface area contributed by atoms with Crippen LogP contribution in [0.1, 0.15) is 48.9 Å². The Morgan fingerprint density at radius 3 is 2.79 bits per heavy atom. The fraction of sp³-hybridized carbons (Fsp3) is 0.647. The van der Waals surface area contributed by atoms with Crippen LogP contribution in [-0.4, -0.2) is 19.8 Å². The number of aryl methyl sites for hydroxylation is 2. The third-order valence-electron chi connectivity index (χ3n) is 3.79. The zero-order valence-electron chi connectivity index (χ0n) is 12.5. The molecule has 1 aliphatic rings. The summed E-state index contributed by atoms with van der Waals surface area (Å²) in [7, 11) is 0. The maximum atomic E-state index is 5.90. The number of nitrogens with one attached hydrogen (secondary N) is 1. The van der Waals surface area contributed by atoms with E-state index in [1.54, 1.807) is 0 Å². The van der Waals surface area contributed by atoms with Crippen LogP contribution in [0, 0.1) is 19.8 Å². The highest BCUT2D eigenvalue weighted by Crippen LogP contribution is 2.29. The summed E-state index contributed by atoms with van der Waals surface area (Å²) in [6.07, 6.45) is 3.87. The molecule has 1 fully saturated rings. The van der Waals surface area contributed by atoms with Crippen LogP contribution >= 0.6 is 0 Å². The maximum Gasteiger partial charge on any atom is 0.0661 e. The molecule has 0 amide bonds. The lowest BCUT2D eigenvalue weighted by Gasteiger charge is -2.21. The van der Waals surface area contributed by atoms with Gasteiger partial charge in [0.1, 0.15) is 0 Å². The first kappa shape index (κ1) is 14.5. The van der Waals surface area contributed by atoms with Crippen LogP contribution in [0.25, 0.3) is 0 Å². The molecule has 2 rings (SSSR count). The average molecular weight is 261 g/mol. The molecule has 2 nitrogen and oxygen atoms in total. The van der Waals surface area contributed by atoms with Crippen molar-refractivity contribution < 1.29 is 4.74 Å². The molecule has 2 heteroatoms. The van der Waals surface area contributed by atoms with Gasteiger partial charge in [0.25, 0.3) is 0 Å². The Morgan fingerprint density at radius 2 is 2.11 bits per heavy atom. The SMILES string of the molecule is CCCNC(COCC1CC1)c1cc(C)ccc1C. The van der Waals surface area contributed by atoms with Gasteiger partial charge in [0, 0.05) is 6.61 Å². The lowest BCUT2D eigenvalue weighted by molar-refractivity contribution is 0.102. The van der Waals surface area contributed by atoms with E-state index >= 15 is 0 Å².